The molecule has 1 aromatic carbocycles. The maximum Gasteiger partial charge on any atom is 0.223 e. The summed E-state index contributed by atoms with van der Waals surface area (Å²) in [6.07, 6.45) is 0.543. The van der Waals surface area contributed by atoms with Gasteiger partial charge in [-0.05, 0) is 31.0 Å². The number of hydrogen-bond acceptors (Lipinski definition) is 4. The van der Waals surface area contributed by atoms with Gasteiger partial charge in [0, 0.05) is 11.6 Å². The zero-order valence-corrected chi connectivity index (χ0v) is 12.2. The topological polar surface area (TPSA) is 95.6 Å². The lowest BCUT2D eigenvalue weighted by Crippen LogP contribution is -2.33. The quantitative estimate of drug-likeness (QED) is 0.675. The fourth-order valence-electron chi connectivity index (χ4n) is 2.65. The standard InChI is InChI=1S/C13H16Cl2N2O3/c14-8-1-2-10(19)11(12(8)15)9-3-6(4-17-9)7(5-18)13(16)20/h1-2,6-7,9,17-19H,3-5H2,(H2,16,20)/t6-,7+,9-/m1/s1. The van der Waals surface area contributed by atoms with Crippen molar-refractivity contribution in [1.82, 2.24) is 5.32 Å². The Morgan fingerprint density at radius 2 is 2.20 bits per heavy atom. The van der Waals surface area contributed by atoms with Gasteiger partial charge in [0.25, 0.3) is 0 Å². The first-order valence-corrected chi connectivity index (χ1v) is 7.01. The van der Waals surface area contributed by atoms with Gasteiger partial charge in [0.05, 0.1) is 22.6 Å². The highest BCUT2D eigenvalue weighted by Gasteiger charge is 2.35. The molecule has 0 unspecified atom stereocenters. The van der Waals surface area contributed by atoms with Gasteiger partial charge in [0.1, 0.15) is 5.75 Å². The van der Waals surface area contributed by atoms with Crippen LogP contribution in [0.2, 0.25) is 10.0 Å². The number of carbonyl (C=O) groups is 1. The second-order valence-corrected chi connectivity index (χ2v) is 5.73. The predicted molar refractivity (Wildman–Crippen MR) is 76.7 cm³/mol. The van der Waals surface area contributed by atoms with E-state index in [2.05, 4.69) is 5.32 Å². The summed E-state index contributed by atoms with van der Waals surface area (Å²) in [6, 6.07) is 2.78. The number of nitrogens with one attached hydrogen (secondary N) is 1. The third-order valence-electron chi connectivity index (χ3n) is 3.75. The lowest BCUT2D eigenvalue weighted by molar-refractivity contribution is -0.124. The van der Waals surface area contributed by atoms with Crippen LogP contribution in [0.4, 0.5) is 0 Å². The summed E-state index contributed by atoms with van der Waals surface area (Å²) in [5, 5.41) is 23.0. The first-order chi connectivity index (χ1) is 9.45. The lowest BCUT2D eigenvalue weighted by Gasteiger charge is -2.18. The Hall–Kier alpha value is -1.01. The molecule has 1 aliphatic heterocycles. The number of rotatable bonds is 4. The molecule has 20 heavy (non-hydrogen) atoms. The average Bonchev–Trinajstić information content (AvgIpc) is 2.84. The number of amides is 1. The largest absolute Gasteiger partial charge is 0.508 e. The molecule has 3 atom stereocenters. The van der Waals surface area contributed by atoms with Crippen molar-refractivity contribution in [2.75, 3.05) is 13.2 Å². The first-order valence-electron chi connectivity index (χ1n) is 6.26. The van der Waals surface area contributed by atoms with Crippen molar-refractivity contribution in [2.45, 2.75) is 12.5 Å². The van der Waals surface area contributed by atoms with Crippen LogP contribution in [0.5, 0.6) is 5.75 Å². The van der Waals surface area contributed by atoms with E-state index in [1.807, 2.05) is 0 Å². The average molecular weight is 319 g/mol. The van der Waals surface area contributed by atoms with Crippen LogP contribution in [0, 0.1) is 11.8 Å². The molecular formula is C13H16Cl2N2O3. The number of carbonyl (C=O) groups excluding carboxylic acids is 1. The van der Waals surface area contributed by atoms with E-state index in [4.69, 9.17) is 28.9 Å². The first kappa shape index (κ1) is 15.4. The van der Waals surface area contributed by atoms with Crippen molar-refractivity contribution >= 4 is 29.1 Å². The molecule has 1 fully saturated rings. The Morgan fingerprint density at radius 3 is 2.80 bits per heavy atom. The summed E-state index contributed by atoms with van der Waals surface area (Å²) in [7, 11) is 0. The molecule has 110 valence electrons. The fraction of sp³-hybridized carbons (Fsp3) is 0.462. The molecule has 0 saturated carbocycles. The maximum absolute atomic E-state index is 11.3. The number of phenolic OH excluding ortho intramolecular Hbond substituents is 1. The van der Waals surface area contributed by atoms with Crippen LogP contribution >= 0.6 is 23.2 Å². The molecule has 0 bridgehead atoms. The van der Waals surface area contributed by atoms with Crippen LogP contribution in [0.3, 0.4) is 0 Å². The molecule has 0 spiro atoms. The van der Waals surface area contributed by atoms with Crippen molar-refractivity contribution in [2.24, 2.45) is 17.6 Å². The minimum Gasteiger partial charge on any atom is -0.508 e. The number of primary amides is 1. The number of aliphatic hydroxyl groups is 1. The zero-order chi connectivity index (χ0) is 14.9. The highest BCUT2D eigenvalue weighted by molar-refractivity contribution is 6.42. The van der Waals surface area contributed by atoms with Gasteiger partial charge in [-0.2, -0.15) is 0 Å². The summed E-state index contributed by atoms with van der Waals surface area (Å²) < 4.78 is 0. The van der Waals surface area contributed by atoms with Crippen molar-refractivity contribution in [3.63, 3.8) is 0 Å². The smallest absolute Gasteiger partial charge is 0.223 e. The molecule has 5 nitrogen and oxygen atoms in total. The number of halogens is 2. The Kier molecular flexibility index (Phi) is 4.75. The van der Waals surface area contributed by atoms with E-state index in [0.29, 0.717) is 28.6 Å². The van der Waals surface area contributed by atoms with Gasteiger partial charge in [-0.1, -0.05) is 23.2 Å². The van der Waals surface area contributed by atoms with E-state index < -0.39 is 11.8 Å². The van der Waals surface area contributed by atoms with Crippen LogP contribution in [-0.4, -0.2) is 29.3 Å². The molecule has 5 N–H and O–H groups in total. The van der Waals surface area contributed by atoms with Crippen molar-refractivity contribution in [1.29, 1.82) is 0 Å². The van der Waals surface area contributed by atoms with E-state index in [0.717, 1.165) is 0 Å². The van der Waals surface area contributed by atoms with E-state index in [9.17, 15) is 15.0 Å². The molecule has 1 saturated heterocycles. The number of benzene rings is 1. The van der Waals surface area contributed by atoms with Crippen LogP contribution in [-0.2, 0) is 4.79 Å². The van der Waals surface area contributed by atoms with Gasteiger partial charge in [-0.25, -0.2) is 0 Å². The Balaban J connectivity index is 2.22. The number of hydrogen-bond donors (Lipinski definition) is 4. The van der Waals surface area contributed by atoms with Crippen molar-refractivity contribution in [3.05, 3.63) is 27.7 Å². The van der Waals surface area contributed by atoms with Gasteiger partial charge in [-0.15, -0.1) is 0 Å². The second-order valence-electron chi connectivity index (χ2n) is 4.94. The molecule has 2 rings (SSSR count). The van der Waals surface area contributed by atoms with E-state index >= 15 is 0 Å². The molecule has 1 aromatic rings. The molecule has 1 heterocycles. The molecule has 1 aliphatic rings. The Morgan fingerprint density at radius 1 is 1.50 bits per heavy atom. The maximum atomic E-state index is 11.3. The van der Waals surface area contributed by atoms with E-state index in [1.54, 1.807) is 0 Å². The van der Waals surface area contributed by atoms with Gasteiger partial charge in [0.2, 0.25) is 5.91 Å². The minimum atomic E-state index is -0.604. The van der Waals surface area contributed by atoms with E-state index in [-0.39, 0.29) is 24.3 Å². The molecule has 7 heteroatoms. The van der Waals surface area contributed by atoms with Gasteiger partial charge >= 0.3 is 0 Å². The number of nitrogens with two attached hydrogens (primary N) is 1. The molecule has 0 aliphatic carbocycles. The Labute approximate surface area is 126 Å². The van der Waals surface area contributed by atoms with Gasteiger partial charge in [-0.3, -0.25) is 4.79 Å². The fourth-order valence-corrected chi connectivity index (χ4v) is 3.10. The molecule has 1 amide bonds. The molecule has 0 radical (unpaired) electrons. The van der Waals surface area contributed by atoms with Crippen molar-refractivity contribution < 1.29 is 15.0 Å². The summed E-state index contributed by atoms with van der Waals surface area (Å²) in [5.74, 6) is -1.18. The predicted octanol–water partition coefficient (Wildman–Crippen LogP) is 1.44. The number of aliphatic hydroxyl groups excluding tert-OH is 1. The lowest BCUT2D eigenvalue weighted by atomic mass is 9.88. The summed E-state index contributed by atoms with van der Waals surface area (Å²) in [6.45, 7) is 0.227. The summed E-state index contributed by atoms with van der Waals surface area (Å²) in [4.78, 5) is 11.3. The molecule has 0 aromatic heterocycles. The normalized spacial score (nSPS) is 23.8. The van der Waals surface area contributed by atoms with E-state index in [1.165, 1.54) is 12.1 Å². The minimum absolute atomic E-state index is 0.0529. The Bertz CT molecular complexity index is 525. The van der Waals surface area contributed by atoms with Crippen LogP contribution < -0.4 is 11.1 Å². The number of aromatic hydroxyl groups is 1. The zero-order valence-electron chi connectivity index (χ0n) is 10.6. The summed E-state index contributed by atoms with van der Waals surface area (Å²) in [5.41, 5.74) is 5.79. The highest BCUT2D eigenvalue weighted by atomic mass is 35.5. The third-order valence-corrected chi connectivity index (χ3v) is 4.57. The van der Waals surface area contributed by atoms with Crippen LogP contribution in [0.1, 0.15) is 18.0 Å². The van der Waals surface area contributed by atoms with Crippen molar-refractivity contribution in [3.8, 4) is 5.75 Å². The highest BCUT2D eigenvalue weighted by Crippen LogP contribution is 2.41. The van der Waals surface area contributed by atoms with Crippen LogP contribution in [0.25, 0.3) is 0 Å². The van der Waals surface area contributed by atoms with Crippen LogP contribution in [0.15, 0.2) is 12.1 Å². The third kappa shape index (κ3) is 2.86. The van der Waals surface area contributed by atoms with Gasteiger partial charge in [0.15, 0.2) is 0 Å². The summed E-state index contributed by atoms with van der Waals surface area (Å²) >= 11 is 12.1. The SMILES string of the molecule is NC(=O)[C@@H](CO)[C@H]1CN[C@@H](c2c(O)ccc(Cl)c2Cl)C1. The number of phenols is 1. The monoisotopic (exact) mass is 318 g/mol. The van der Waals surface area contributed by atoms with Gasteiger partial charge < -0.3 is 21.3 Å². The molecular weight excluding hydrogens is 303 g/mol. The second kappa shape index (κ2) is 6.18.